The molecule has 2 saturated heterocycles. The molecule has 3 rings (SSSR count). The van der Waals surface area contributed by atoms with Crippen molar-refractivity contribution in [3.63, 3.8) is 0 Å². The first kappa shape index (κ1) is 7.34. The molecule has 2 heteroatoms. The molecule has 3 fully saturated rings. The topological polar surface area (TPSA) is 15.3 Å². The summed E-state index contributed by atoms with van der Waals surface area (Å²) in [4.78, 5) is 2.75. The molecule has 2 unspecified atom stereocenters. The van der Waals surface area contributed by atoms with E-state index in [1.807, 2.05) is 0 Å². The Morgan fingerprint density at radius 1 is 1.00 bits per heavy atom. The average Bonchev–Trinajstić information content (AvgIpc) is 2.40. The van der Waals surface area contributed by atoms with Gasteiger partial charge in [-0.1, -0.05) is 6.42 Å². The fourth-order valence-electron chi connectivity index (χ4n) is 2.94. The minimum atomic E-state index is 0.982. The van der Waals surface area contributed by atoms with Crippen molar-refractivity contribution >= 4 is 0 Å². The van der Waals surface area contributed by atoms with E-state index in [2.05, 4.69) is 10.2 Å². The molecule has 12 heavy (non-hydrogen) atoms. The molecule has 3 aliphatic rings. The Bertz CT molecular complexity index is 165. The lowest BCUT2D eigenvalue weighted by Crippen LogP contribution is -2.40. The minimum Gasteiger partial charge on any atom is -0.316 e. The average molecular weight is 166 g/mol. The Balaban J connectivity index is 1.63. The molecular formula is C10H18N2. The highest BCUT2D eigenvalue weighted by Crippen LogP contribution is 2.33. The maximum atomic E-state index is 3.49. The molecule has 0 radical (unpaired) electrons. The van der Waals surface area contributed by atoms with Crippen LogP contribution in [0, 0.1) is 11.8 Å². The third kappa shape index (κ3) is 1.01. The maximum Gasteiger partial charge on any atom is 0.00955 e. The van der Waals surface area contributed by atoms with Gasteiger partial charge in [0.25, 0.3) is 0 Å². The SMILES string of the molecule is C1CC(N2CC3CNCC3C2)C1. The molecule has 0 aromatic heterocycles. The predicted octanol–water partition coefficient (Wildman–Crippen LogP) is 0.690. The summed E-state index contributed by atoms with van der Waals surface area (Å²) < 4.78 is 0. The minimum absolute atomic E-state index is 0.982. The number of nitrogens with zero attached hydrogens (tertiary/aromatic N) is 1. The number of nitrogens with one attached hydrogen (secondary N) is 1. The van der Waals surface area contributed by atoms with Gasteiger partial charge >= 0.3 is 0 Å². The van der Waals surface area contributed by atoms with Crippen molar-refractivity contribution in [2.24, 2.45) is 11.8 Å². The first-order valence-electron chi connectivity index (χ1n) is 5.38. The maximum absolute atomic E-state index is 3.49. The Kier molecular flexibility index (Phi) is 1.66. The highest BCUT2D eigenvalue weighted by atomic mass is 15.2. The number of likely N-dealkylation sites (tertiary alicyclic amines) is 1. The van der Waals surface area contributed by atoms with Gasteiger partial charge in [0.15, 0.2) is 0 Å². The van der Waals surface area contributed by atoms with Gasteiger partial charge in [-0.3, -0.25) is 4.90 Å². The van der Waals surface area contributed by atoms with Crippen LogP contribution in [0.25, 0.3) is 0 Å². The molecule has 0 amide bonds. The monoisotopic (exact) mass is 166 g/mol. The van der Waals surface area contributed by atoms with Crippen molar-refractivity contribution < 1.29 is 0 Å². The van der Waals surface area contributed by atoms with Gasteiger partial charge in [-0.15, -0.1) is 0 Å². The van der Waals surface area contributed by atoms with Crippen molar-refractivity contribution in [2.45, 2.75) is 25.3 Å². The summed E-state index contributed by atoms with van der Waals surface area (Å²) in [5.74, 6) is 1.98. The van der Waals surface area contributed by atoms with Crippen LogP contribution in [0.5, 0.6) is 0 Å². The van der Waals surface area contributed by atoms with Crippen LogP contribution in [0.2, 0.25) is 0 Å². The zero-order valence-electron chi connectivity index (χ0n) is 7.63. The van der Waals surface area contributed by atoms with E-state index in [4.69, 9.17) is 0 Å². The van der Waals surface area contributed by atoms with Crippen LogP contribution >= 0.6 is 0 Å². The molecule has 2 aliphatic heterocycles. The summed E-state index contributed by atoms with van der Waals surface area (Å²) in [5, 5.41) is 3.49. The van der Waals surface area contributed by atoms with E-state index in [1.54, 1.807) is 0 Å². The van der Waals surface area contributed by atoms with Gasteiger partial charge in [0.05, 0.1) is 0 Å². The zero-order chi connectivity index (χ0) is 7.97. The summed E-state index contributed by atoms with van der Waals surface area (Å²) >= 11 is 0. The van der Waals surface area contributed by atoms with E-state index in [1.165, 1.54) is 45.4 Å². The van der Waals surface area contributed by atoms with E-state index < -0.39 is 0 Å². The summed E-state index contributed by atoms with van der Waals surface area (Å²) in [6.45, 7) is 5.35. The molecule has 0 bridgehead atoms. The largest absolute Gasteiger partial charge is 0.316 e. The summed E-state index contributed by atoms with van der Waals surface area (Å²) in [6.07, 6.45) is 4.44. The normalized spacial score (nSPS) is 43.0. The Morgan fingerprint density at radius 3 is 2.17 bits per heavy atom. The summed E-state index contributed by atoms with van der Waals surface area (Å²) in [7, 11) is 0. The lowest BCUT2D eigenvalue weighted by atomic mass is 9.92. The molecule has 2 heterocycles. The smallest absolute Gasteiger partial charge is 0.00955 e. The lowest BCUT2D eigenvalue weighted by molar-refractivity contribution is 0.148. The highest BCUT2D eigenvalue weighted by molar-refractivity contribution is 4.95. The Hall–Kier alpha value is -0.0800. The summed E-state index contributed by atoms with van der Waals surface area (Å²) in [6, 6.07) is 0.982. The van der Waals surface area contributed by atoms with Crippen molar-refractivity contribution in [2.75, 3.05) is 26.2 Å². The van der Waals surface area contributed by atoms with Crippen LogP contribution < -0.4 is 5.32 Å². The van der Waals surface area contributed by atoms with Gasteiger partial charge in [0.2, 0.25) is 0 Å². The van der Waals surface area contributed by atoms with Crippen molar-refractivity contribution in [1.29, 1.82) is 0 Å². The van der Waals surface area contributed by atoms with Crippen molar-refractivity contribution in [3.8, 4) is 0 Å². The van der Waals surface area contributed by atoms with Gasteiger partial charge in [-0.05, 0) is 37.8 Å². The molecule has 2 atom stereocenters. The molecule has 0 aromatic carbocycles. The van der Waals surface area contributed by atoms with Crippen LogP contribution in [0.4, 0.5) is 0 Å². The van der Waals surface area contributed by atoms with E-state index in [9.17, 15) is 0 Å². The quantitative estimate of drug-likeness (QED) is 0.616. The van der Waals surface area contributed by atoms with Gasteiger partial charge in [-0.2, -0.15) is 0 Å². The van der Waals surface area contributed by atoms with Gasteiger partial charge in [0, 0.05) is 19.1 Å². The van der Waals surface area contributed by atoms with Crippen molar-refractivity contribution in [3.05, 3.63) is 0 Å². The van der Waals surface area contributed by atoms with E-state index in [0.29, 0.717) is 0 Å². The molecule has 68 valence electrons. The van der Waals surface area contributed by atoms with Gasteiger partial charge in [0.1, 0.15) is 0 Å². The van der Waals surface area contributed by atoms with E-state index >= 15 is 0 Å². The molecular weight excluding hydrogens is 148 g/mol. The number of fused-ring (bicyclic) bond motifs is 1. The fourth-order valence-corrected chi connectivity index (χ4v) is 2.94. The number of hydrogen-bond donors (Lipinski definition) is 1. The van der Waals surface area contributed by atoms with E-state index in [-0.39, 0.29) is 0 Å². The summed E-state index contributed by atoms with van der Waals surface area (Å²) in [5.41, 5.74) is 0. The van der Waals surface area contributed by atoms with Gasteiger partial charge < -0.3 is 5.32 Å². The zero-order valence-corrected chi connectivity index (χ0v) is 7.63. The molecule has 0 spiro atoms. The second-order valence-corrected chi connectivity index (χ2v) is 4.72. The Morgan fingerprint density at radius 2 is 1.67 bits per heavy atom. The highest BCUT2D eigenvalue weighted by Gasteiger charge is 2.39. The lowest BCUT2D eigenvalue weighted by Gasteiger charge is -2.35. The predicted molar refractivity (Wildman–Crippen MR) is 49.1 cm³/mol. The third-order valence-corrected chi connectivity index (χ3v) is 4.01. The fraction of sp³-hybridized carbons (Fsp3) is 1.00. The molecule has 2 nitrogen and oxygen atoms in total. The number of hydrogen-bond acceptors (Lipinski definition) is 2. The number of rotatable bonds is 1. The molecule has 1 N–H and O–H groups in total. The molecule has 1 aliphatic carbocycles. The molecule has 0 aromatic rings. The first-order chi connectivity index (χ1) is 5.93. The molecule has 1 saturated carbocycles. The van der Waals surface area contributed by atoms with Gasteiger partial charge in [-0.25, -0.2) is 0 Å². The van der Waals surface area contributed by atoms with Crippen LogP contribution in [0.1, 0.15) is 19.3 Å². The van der Waals surface area contributed by atoms with Crippen LogP contribution in [-0.2, 0) is 0 Å². The second-order valence-electron chi connectivity index (χ2n) is 4.72. The Labute approximate surface area is 74.3 Å². The van der Waals surface area contributed by atoms with Crippen molar-refractivity contribution in [1.82, 2.24) is 10.2 Å². The van der Waals surface area contributed by atoms with E-state index in [0.717, 1.165) is 17.9 Å². The van der Waals surface area contributed by atoms with Crippen LogP contribution in [0.15, 0.2) is 0 Å². The van der Waals surface area contributed by atoms with Crippen LogP contribution in [-0.4, -0.2) is 37.1 Å². The third-order valence-electron chi connectivity index (χ3n) is 4.01. The second kappa shape index (κ2) is 2.71. The van der Waals surface area contributed by atoms with Crippen LogP contribution in [0.3, 0.4) is 0 Å². The first-order valence-corrected chi connectivity index (χ1v) is 5.38. The standard InChI is InChI=1S/C10H18N2/c1-2-10(3-1)12-6-8-4-11-5-9(8)7-12/h8-11H,1-7H2.